The van der Waals surface area contributed by atoms with E-state index in [9.17, 15) is 60.7 Å². The summed E-state index contributed by atoms with van der Waals surface area (Å²) in [6.45, 7) is 0. The van der Waals surface area contributed by atoms with Crippen LogP contribution in [0.3, 0.4) is 0 Å². The molecule has 1 aliphatic carbocycles. The Balaban J connectivity index is 0.000000334. The van der Waals surface area contributed by atoms with Gasteiger partial charge in [-0.2, -0.15) is 0 Å². The molecule has 0 aliphatic heterocycles. The highest BCUT2D eigenvalue weighted by molar-refractivity contribution is 5.65. The number of benzene rings is 2. The molecule has 2 aromatic carbocycles. The first-order valence-electron chi connectivity index (χ1n) is 11.9. The van der Waals surface area contributed by atoms with E-state index >= 15 is 0 Å². The second-order valence-corrected chi connectivity index (χ2v) is 8.61. The van der Waals surface area contributed by atoms with E-state index in [1.54, 1.807) is 0 Å². The fourth-order valence-electron chi connectivity index (χ4n) is 3.22. The van der Waals surface area contributed by atoms with Crippen LogP contribution in [0.4, 0.5) is 34.1 Å². The van der Waals surface area contributed by atoms with Crippen molar-refractivity contribution in [1.82, 2.24) is 0 Å². The molecule has 6 N–H and O–H groups in total. The van der Waals surface area contributed by atoms with Gasteiger partial charge in [-0.3, -0.25) is 60.7 Å². The molecule has 0 saturated carbocycles. The maximum Gasteiger partial charge on any atom is 0.324 e. The van der Waals surface area contributed by atoms with Crippen LogP contribution in [0.15, 0.2) is 48.6 Å². The second-order valence-electron chi connectivity index (χ2n) is 8.61. The quantitative estimate of drug-likeness (QED) is 0.202. The predicted octanol–water partition coefficient (Wildman–Crippen LogP) is 3.56. The van der Waals surface area contributed by atoms with Crippen molar-refractivity contribution in [2.45, 2.75) is 37.8 Å². The monoisotopic (exact) mass is 624 g/mol. The fraction of sp³-hybridized carbons (Fsp3) is 0.273. The first kappa shape index (κ1) is 35.9. The van der Waals surface area contributed by atoms with Crippen molar-refractivity contribution in [3.05, 3.63) is 109 Å². The highest BCUT2D eigenvalue weighted by atomic mass is 16.7. The summed E-state index contributed by atoms with van der Waals surface area (Å²) in [5, 5.41) is 80.4. The Morgan fingerprint density at radius 1 is 0.477 bits per heavy atom. The van der Waals surface area contributed by atoms with Gasteiger partial charge in [-0.15, -0.1) is 0 Å². The summed E-state index contributed by atoms with van der Waals surface area (Å²) >= 11 is 0. The van der Waals surface area contributed by atoms with Crippen LogP contribution in [0.25, 0.3) is 0 Å². The molecule has 2 aromatic rings. The van der Waals surface area contributed by atoms with Gasteiger partial charge in [0.2, 0.25) is 0 Å². The maximum atomic E-state index is 10.4. The Labute approximate surface area is 244 Å². The van der Waals surface area contributed by atoms with E-state index in [2.05, 4.69) is 24.3 Å². The van der Waals surface area contributed by atoms with Gasteiger partial charge in [0.05, 0.1) is 53.8 Å². The Hall–Kier alpha value is -6.16. The SMILES string of the molecule is NC1C/C=C\CC(N)C/C=C\C1.O=[N+]([O-])c1cc([N+](=O)[O-])c(O)c([N+](=O)[O-])c1.O=[N+]([O-])c1cc([N+](=O)[O-])c(O)c([N+](=O)[O-])c1. The van der Waals surface area contributed by atoms with Crippen LogP contribution in [0.1, 0.15) is 25.7 Å². The molecule has 0 aromatic heterocycles. The number of aromatic hydroxyl groups is 2. The summed E-state index contributed by atoms with van der Waals surface area (Å²) in [6, 6.07) is 2.36. The van der Waals surface area contributed by atoms with Crippen molar-refractivity contribution in [1.29, 1.82) is 0 Å². The number of phenols is 2. The van der Waals surface area contributed by atoms with E-state index < -0.39 is 75.2 Å². The first-order chi connectivity index (χ1) is 20.5. The summed E-state index contributed by atoms with van der Waals surface area (Å²) in [7, 11) is 0. The van der Waals surface area contributed by atoms with Gasteiger partial charge in [-0.1, -0.05) is 24.3 Å². The molecule has 3 rings (SSSR count). The van der Waals surface area contributed by atoms with E-state index in [0.717, 1.165) is 25.7 Å². The van der Waals surface area contributed by atoms with E-state index in [1.165, 1.54) is 0 Å². The highest BCUT2D eigenvalue weighted by Gasteiger charge is 2.31. The number of phenolic OH excluding ortho intramolecular Hbond substituents is 2. The van der Waals surface area contributed by atoms with Gasteiger partial charge >= 0.3 is 22.7 Å². The zero-order valence-electron chi connectivity index (χ0n) is 22.2. The molecular formula is C22H24N8O14. The van der Waals surface area contributed by atoms with Crippen LogP contribution in [0.5, 0.6) is 11.5 Å². The number of nitrogens with two attached hydrogens (primary N) is 2. The van der Waals surface area contributed by atoms with Gasteiger partial charge in [0.15, 0.2) is 0 Å². The Bertz CT molecular complexity index is 1310. The molecule has 0 bridgehead atoms. The maximum absolute atomic E-state index is 10.4. The van der Waals surface area contributed by atoms with Crippen molar-refractivity contribution in [3.8, 4) is 11.5 Å². The van der Waals surface area contributed by atoms with E-state index in [-0.39, 0.29) is 12.1 Å². The molecule has 0 spiro atoms. The average Bonchev–Trinajstić information content (AvgIpc) is 2.93. The normalized spacial score (nSPS) is 17.2. The van der Waals surface area contributed by atoms with E-state index in [4.69, 9.17) is 21.7 Å². The van der Waals surface area contributed by atoms with Gasteiger partial charge in [0, 0.05) is 12.1 Å². The number of nitro benzene ring substituents is 6. The third-order valence-electron chi connectivity index (χ3n) is 5.41. The lowest BCUT2D eigenvalue weighted by atomic mass is 10.0. The highest BCUT2D eigenvalue weighted by Crippen LogP contribution is 2.40. The number of hydrogen-bond acceptors (Lipinski definition) is 16. The van der Waals surface area contributed by atoms with Crippen molar-refractivity contribution in [2.24, 2.45) is 11.5 Å². The van der Waals surface area contributed by atoms with Gasteiger partial charge < -0.3 is 21.7 Å². The molecule has 0 saturated heterocycles. The van der Waals surface area contributed by atoms with E-state index in [0.29, 0.717) is 24.3 Å². The Kier molecular flexibility index (Phi) is 13.3. The smallest absolute Gasteiger partial charge is 0.324 e. The molecule has 22 nitrogen and oxygen atoms in total. The lowest BCUT2D eigenvalue weighted by Crippen LogP contribution is -2.20. The van der Waals surface area contributed by atoms with Crippen LogP contribution < -0.4 is 11.5 Å². The number of nitro groups is 6. The van der Waals surface area contributed by atoms with Crippen LogP contribution in [-0.4, -0.2) is 51.8 Å². The van der Waals surface area contributed by atoms with Gasteiger partial charge in [0.1, 0.15) is 0 Å². The summed E-state index contributed by atoms with van der Waals surface area (Å²) in [4.78, 5) is 55.5. The number of non-ortho nitro benzene ring substituents is 2. The largest absolute Gasteiger partial charge is 0.497 e. The van der Waals surface area contributed by atoms with Crippen LogP contribution >= 0.6 is 0 Å². The molecule has 44 heavy (non-hydrogen) atoms. The standard InChI is InChI=1S/C10H18N2.2C6H3N3O7/c11-9-5-1-2-6-10(12)8-4-3-7-9;2*10-6-4(8(13)14)1-3(7(11)12)2-5(6)9(15)16/h1-4,9-10H,5-8,11-12H2;2*1-2,10H/b2-1-,4-3-;;. The topological polar surface area (TPSA) is 351 Å². The van der Waals surface area contributed by atoms with Gasteiger partial charge in [-0.05, 0) is 25.7 Å². The number of hydrogen-bond donors (Lipinski definition) is 4. The summed E-state index contributed by atoms with van der Waals surface area (Å²) in [5.41, 5.74) is 5.65. The molecule has 236 valence electrons. The lowest BCUT2D eigenvalue weighted by molar-refractivity contribution is -0.404. The summed E-state index contributed by atoms with van der Waals surface area (Å²) in [6.07, 6.45) is 12.4. The molecule has 0 radical (unpaired) electrons. The zero-order chi connectivity index (χ0) is 33.7. The third-order valence-corrected chi connectivity index (χ3v) is 5.41. The van der Waals surface area contributed by atoms with Crippen molar-refractivity contribution >= 4 is 34.1 Å². The third kappa shape index (κ3) is 10.7. The minimum atomic E-state index is -1.21. The van der Waals surface area contributed by atoms with Crippen LogP contribution in [0.2, 0.25) is 0 Å². The first-order valence-corrected chi connectivity index (χ1v) is 11.9. The molecular weight excluding hydrogens is 600 g/mol. The molecule has 1 aliphatic rings. The molecule has 0 amide bonds. The molecule has 0 unspecified atom stereocenters. The van der Waals surface area contributed by atoms with Crippen LogP contribution in [0, 0.1) is 60.7 Å². The minimum Gasteiger partial charge on any atom is -0.497 e. The van der Waals surface area contributed by atoms with Crippen molar-refractivity contribution in [3.63, 3.8) is 0 Å². The van der Waals surface area contributed by atoms with Gasteiger partial charge in [-0.25, -0.2) is 0 Å². The number of rotatable bonds is 6. The van der Waals surface area contributed by atoms with Crippen molar-refractivity contribution < 1.29 is 39.8 Å². The Morgan fingerprint density at radius 3 is 0.841 bits per heavy atom. The predicted molar refractivity (Wildman–Crippen MR) is 149 cm³/mol. The summed E-state index contributed by atoms with van der Waals surface area (Å²) in [5.74, 6) is -2.42. The average molecular weight is 624 g/mol. The van der Waals surface area contributed by atoms with Crippen LogP contribution in [-0.2, 0) is 0 Å². The van der Waals surface area contributed by atoms with Crippen molar-refractivity contribution in [2.75, 3.05) is 0 Å². The second kappa shape index (κ2) is 16.3. The molecule has 22 heteroatoms. The minimum absolute atomic E-state index is 0.284. The molecule has 0 fully saturated rings. The zero-order valence-corrected chi connectivity index (χ0v) is 22.2. The molecule has 0 atom stereocenters. The Morgan fingerprint density at radius 2 is 0.682 bits per heavy atom. The summed E-state index contributed by atoms with van der Waals surface area (Å²) < 4.78 is 0. The molecule has 0 heterocycles. The van der Waals surface area contributed by atoms with Gasteiger partial charge in [0.25, 0.3) is 22.9 Å². The lowest BCUT2D eigenvalue weighted by Gasteiger charge is -2.09. The number of nitrogens with zero attached hydrogens (tertiary/aromatic N) is 6. The van der Waals surface area contributed by atoms with E-state index in [1.807, 2.05) is 0 Å². The fourth-order valence-corrected chi connectivity index (χ4v) is 3.22.